The normalized spacial score (nSPS) is 11.1. The molecule has 5 heteroatoms. The van der Waals surface area contributed by atoms with Gasteiger partial charge in [0.2, 0.25) is 0 Å². The summed E-state index contributed by atoms with van der Waals surface area (Å²) < 4.78 is 15.2. The number of nitrogens with zero attached hydrogens (tertiary/aromatic N) is 3. The first-order chi connectivity index (χ1) is 11.8. The Hall–Kier alpha value is -2.50. The van der Waals surface area contributed by atoms with E-state index in [2.05, 4.69) is 9.88 Å². The van der Waals surface area contributed by atoms with Crippen LogP contribution in [0, 0.1) is 5.82 Å². The molecule has 0 aliphatic heterocycles. The first kappa shape index (κ1) is 16.4. The van der Waals surface area contributed by atoms with Crippen molar-refractivity contribution in [2.24, 2.45) is 0 Å². The van der Waals surface area contributed by atoms with Gasteiger partial charge in [0.05, 0.1) is 6.61 Å². The molecule has 0 unspecified atom stereocenters. The Morgan fingerprint density at radius 3 is 2.58 bits per heavy atom. The van der Waals surface area contributed by atoms with Crippen LogP contribution >= 0.6 is 0 Å². The van der Waals surface area contributed by atoms with Crippen molar-refractivity contribution >= 4 is 0 Å². The van der Waals surface area contributed by atoms with Crippen LogP contribution in [0.15, 0.2) is 67.1 Å². The molecule has 124 valence electrons. The van der Waals surface area contributed by atoms with E-state index in [0.29, 0.717) is 19.6 Å². The molecule has 0 fully saturated rings. The van der Waals surface area contributed by atoms with E-state index in [1.54, 1.807) is 18.3 Å². The van der Waals surface area contributed by atoms with E-state index in [4.69, 9.17) is 0 Å². The van der Waals surface area contributed by atoms with Crippen molar-refractivity contribution in [3.05, 3.63) is 84.2 Å². The highest BCUT2D eigenvalue weighted by Gasteiger charge is 2.11. The molecule has 2 heterocycles. The van der Waals surface area contributed by atoms with Gasteiger partial charge in [0.25, 0.3) is 0 Å². The van der Waals surface area contributed by atoms with Crippen molar-refractivity contribution < 1.29 is 9.50 Å². The van der Waals surface area contributed by atoms with E-state index < -0.39 is 0 Å². The van der Waals surface area contributed by atoms with Crippen LogP contribution in [0.25, 0.3) is 5.69 Å². The van der Waals surface area contributed by atoms with Crippen LogP contribution < -0.4 is 0 Å². The number of aliphatic hydroxyl groups excluding tert-OH is 1. The Balaban J connectivity index is 1.78. The van der Waals surface area contributed by atoms with E-state index in [1.807, 2.05) is 41.2 Å². The van der Waals surface area contributed by atoms with Crippen molar-refractivity contribution in [3.8, 4) is 5.69 Å². The molecule has 0 aliphatic rings. The van der Waals surface area contributed by atoms with Crippen LogP contribution in [0.1, 0.15) is 11.3 Å². The maximum atomic E-state index is 13.1. The quantitative estimate of drug-likeness (QED) is 0.726. The van der Waals surface area contributed by atoms with E-state index in [-0.39, 0.29) is 12.4 Å². The summed E-state index contributed by atoms with van der Waals surface area (Å²) in [6, 6.07) is 14.4. The summed E-state index contributed by atoms with van der Waals surface area (Å²) in [5, 5.41) is 9.35. The summed E-state index contributed by atoms with van der Waals surface area (Å²) >= 11 is 0. The molecule has 3 aromatic rings. The zero-order valence-corrected chi connectivity index (χ0v) is 13.3. The lowest BCUT2D eigenvalue weighted by atomic mass is 10.2. The highest BCUT2D eigenvalue weighted by atomic mass is 19.1. The third kappa shape index (κ3) is 4.07. The van der Waals surface area contributed by atoms with Gasteiger partial charge in [-0.05, 0) is 48.0 Å². The van der Waals surface area contributed by atoms with E-state index in [1.165, 1.54) is 12.1 Å². The van der Waals surface area contributed by atoms with Gasteiger partial charge in [-0.3, -0.25) is 9.88 Å². The summed E-state index contributed by atoms with van der Waals surface area (Å²) in [7, 11) is 0. The number of aliphatic hydroxyl groups is 1. The molecule has 0 spiro atoms. The standard InChI is InChI=1S/C19H20FN3O/c20-17-5-7-18(8-6-17)23-10-2-4-19(23)15-22(11-12-24)14-16-3-1-9-21-13-16/h1-10,13,24H,11-12,14-15H2. The predicted molar refractivity (Wildman–Crippen MR) is 91.2 cm³/mol. The molecule has 0 atom stereocenters. The highest BCUT2D eigenvalue weighted by Crippen LogP contribution is 2.16. The fourth-order valence-electron chi connectivity index (χ4n) is 2.73. The maximum Gasteiger partial charge on any atom is 0.123 e. The lowest BCUT2D eigenvalue weighted by molar-refractivity contribution is 0.182. The number of hydrogen-bond donors (Lipinski definition) is 1. The van der Waals surface area contributed by atoms with Gasteiger partial charge >= 0.3 is 0 Å². The van der Waals surface area contributed by atoms with Crippen molar-refractivity contribution in [1.29, 1.82) is 0 Å². The van der Waals surface area contributed by atoms with Crippen LogP contribution in [-0.2, 0) is 13.1 Å². The van der Waals surface area contributed by atoms with Gasteiger partial charge in [0, 0.05) is 49.6 Å². The number of halogens is 1. The van der Waals surface area contributed by atoms with E-state index in [9.17, 15) is 9.50 Å². The SMILES string of the molecule is OCCN(Cc1cccnc1)Cc1cccn1-c1ccc(F)cc1. The zero-order valence-electron chi connectivity index (χ0n) is 13.3. The Labute approximate surface area is 140 Å². The van der Waals surface area contributed by atoms with Crippen LogP contribution in [0.4, 0.5) is 4.39 Å². The molecule has 0 saturated carbocycles. The summed E-state index contributed by atoms with van der Waals surface area (Å²) in [6.45, 7) is 2.06. The van der Waals surface area contributed by atoms with Crippen molar-refractivity contribution in [1.82, 2.24) is 14.5 Å². The number of benzene rings is 1. The fraction of sp³-hybridized carbons (Fsp3) is 0.211. The van der Waals surface area contributed by atoms with Gasteiger partial charge < -0.3 is 9.67 Å². The van der Waals surface area contributed by atoms with E-state index >= 15 is 0 Å². The second-order valence-corrected chi connectivity index (χ2v) is 5.64. The molecule has 0 amide bonds. The zero-order chi connectivity index (χ0) is 16.8. The second-order valence-electron chi connectivity index (χ2n) is 5.64. The molecule has 2 aromatic heterocycles. The molecule has 0 aliphatic carbocycles. The summed E-state index contributed by atoms with van der Waals surface area (Å²) in [5.74, 6) is -0.244. The lowest BCUT2D eigenvalue weighted by Gasteiger charge is -2.22. The topological polar surface area (TPSA) is 41.3 Å². The second kappa shape index (κ2) is 7.86. The van der Waals surface area contributed by atoms with Crippen LogP contribution in [0.2, 0.25) is 0 Å². The van der Waals surface area contributed by atoms with Gasteiger partial charge in [0.1, 0.15) is 5.82 Å². The number of rotatable bonds is 7. The van der Waals surface area contributed by atoms with E-state index in [0.717, 1.165) is 16.9 Å². The molecule has 0 radical (unpaired) electrons. The van der Waals surface area contributed by atoms with Gasteiger partial charge in [-0.25, -0.2) is 4.39 Å². The Bertz CT molecular complexity index is 756. The summed E-state index contributed by atoms with van der Waals surface area (Å²) in [6.07, 6.45) is 5.55. The van der Waals surface area contributed by atoms with Crippen molar-refractivity contribution in [3.63, 3.8) is 0 Å². The largest absolute Gasteiger partial charge is 0.395 e. The van der Waals surface area contributed by atoms with Gasteiger partial charge in [0.15, 0.2) is 0 Å². The fourth-order valence-corrected chi connectivity index (χ4v) is 2.73. The molecule has 24 heavy (non-hydrogen) atoms. The number of pyridine rings is 1. The minimum absolute atomic E-state index is 0.0948. The third-order valence-corrected chi connectivity index (χ3v) is 3.87. The minimum atomic E-state index is -0.244. The Morgan fingerprint density at radius 1 is 1.04 bits per heavy atom. The maximum absolute atomic E-state index is 13.1. The first-order valence-electron chi connectivity index (χ1n) is 7.90. The molecular weight excluding hydrogens is 305 g/mol. The molecule has 3 rings (SSSR count). The summed E-state index contributed by atoms with van der Waals surface area (Å²) in [4.78, 5) is 6.30. The first-order valence-corrected chi connectivity index (χ1v) is 7.90. The van der Waals surface area contributed by atoms with Gasteiger partial charge in [-0.15, -0.1) is 0 Å². The lowest BCUT2D eigenvalue weighted by Crippen LogP contribution is -2.27. The molecule has 1 N–H and O–H groups in total. The summed E-state index contributed by atoms with van der Waals surface area (Å²) in [5.41, 5.74) is 3.10. The van der Waals surface area contributed by atoms with Gasteiger partial charge in [-0.1, -0.05) is 6.07 Å². The monoisotopic (exact) mass is 325 g/mol. The molecule has 1 aromatic carbocycles. The van der Waals surface area contributed by atoms with Crippen LogP contribution in [0.5, 0.6) is 0 Å². The van der Waals surface area contributed by atoms with Crippen LogP contribution in [0.3, 0.4) is 0 Å². The average molecular weight is 325 g/mol. The predicted octanol–water partition coefficient (Wildman–Crippen LogP) is 3.01. The number of hydrogen-bond acceptors (Lipinski definition) is 3. The van der Waals surface area contributed by atoms with Gasteiger partial charge in [-0.2, -0.15) is 0 Å². The van der Waals surface area contributed by atoms with Crippen molar-refractivity contribution in [2.45, 2.75) is 13.1 Å². The Morgan fingerprint density at radius 2 is 1.88 bits per heavy atom. The Kier molecular flexibility index (Phi) is 5.36. The van der Waals surface area contributed by atoms with Crippen LogP contribution in [-0.4, -0.2) is 32.7 Å². The minimum Gasteiger partial charge on any atom is -0.395 e. The molecule has 0 bridgehead atoms. The van der Waals surface area contributed by atoms with Crippen molar-refractivity contribution in [2.75, 3.05) is 13.2 Å². The highest BCUT2D eigenvalue weighted by molar-refractivity contribution is 5.35. The number of aromatic nitrogens is 2. The molecular formula is C19H20FN3O. The third-order valence-electron chi connectivity index (χ3n) is 3.87. The smallest absolute Gasteiger partial charge is 0.123 e. The molecule has 0 saturated heterocycles. The average Bonchev–Trinajstić information content (AvgIpc) is 3.05. The molecule has 4 nitrogen and oxygen atoms in total.